The minimum absolute atomic E-state index is 0.495. The molecule has 6 aromatic rings. The van der Waals surface area contributed by atoms with Gasteiger partial charge in [-0.2, -0.15) is 0 Å². The topological polar surface area (TPSA) is 51.8 Å². The Morgan fingerprint density at radius 1 is 0.595 bits per heavy atom. The Hall–Kier alpha value is -4.76. The lowest BCUT2D eigenvalue weighted by atomic mass is 9.65. The fraction of sp³-hybridized carbons (Fsp3) is 0.0588. The smallest absolute Gasteiger partial charge is 0.159 e. The molecule has 0 fully saturated rings. The maximum atomic E-state index is 6.02. The molecule has 0 amide bonds. The highest BCUT2D eigenvalue weighted by Gasteiger charge is 2.38. The molecule has 178 valence electrons. The van der Waals surface area contributed by atoms with Gasteiger partial charge in [-0.15, -0.1) is 0 Å². The van der Waals surface area contributed by atoms with Crippen LogP contribution in [0.4, 0.5) is 5.69 Å². The molecule has 2 N–H and O–H groups in total. The highest BCUT2D eigenvalue weighted by atomic mass is 14.9. The molecule has 5 aromatic carbocycles. The number of aromatic nitrogens is 2. The van der Waals surface area contributed by atoms with E-state index in [2.05, 4.69) is 109 Å². The second kappa shape index (κ2) is 9.36. The third-order valence-corrected chi connectivity index (χ3v) is 7.16. The Balaban J connectivity index is 1.59. The van der Waals surface area contributed by atoms with Crippen LogP contribution in [0.3, 0.4) is 0 Å². The number of rotatable bonds is 5. The molecule has 0 aliphatic carbocycles. The van der Waals surface area contributed by atoms with Crippen LogP contribution in [0, 0.1) is 6.92 Å². The molecule has 0 atom stereocenters. The quantitative estimate of drug-likeness (QED) is 0.206. The third kappa shape index (κ3) is 3.95. The molecular weight excluding hydrogens is 450 g/mol. The van der Waals surface area contributed by atoms with Crippen molar-refractivity contribution in [1.29, 1.82) is 0 Å². The number of nitrogen functional groups attached to an aromatic ring is 1. The summed E-state index contributed by atoms with van der Waals surface area (Å²) in [5, 5.41) is 1.00. The lowest BCUT2D eigenvalue weighted by molar-refractivity contribution is 0.746. The molecule has 0 unspecified atom stereocenters. The Morgan fingerprint density at radius 2 is 1.16 bits per heavy atom. The van der Waals surface area contributed by atoms with Gasteiger partial charge in [0.15, 0.2) is 5.82 Å². The van der Waals surface area contributed by atoms with Crippen molar-refractivity contribution in [2.75, 3.05) is 5.73 Å². The molecule has 0 saturated heterocycles. The molecule has 37 heavy (non-hydrogen) atoms. The summed E-state index contributed by atoms with van der Waals surface area (Å²) >= 11 is 0. The van der Waals surface area contributed by atoms with Crippen molar-refractivity contribution in [2.45, 2.75) is 12.3 Å². The summed E-state index contributed by atoms with van der Waals surface area (Å²) in [7, 11) is 0. The molecule has 0 aliphatic rings. The normalized spacial score (nSPS) is 11.5. The van der Waals surface area contributed by atoms with E-state index in [1.54, 1.807) is 0 Å². The van der Waals surface area contributed by atoms with Crippen molar-refractivity contribution in [3.63, 3.8) is 0 Å². The van der Waals surface area contributed by atoms with Crippen molar-refractivity contribution in [3.8, 4) is 11.4 Å². The molecule has 0 aliphatic heterocycles. The average Bonchev–Trinajstić information content (AvgIpc) is 2.96. The van der Waals surface area contributed by atoms with Gasteiger partial charge in [0.1, 0.15) is 0 Å². The second-order valence-electron chi connectivity index (χ2n) is 9.39. The number of fused-ring (bicyclic) bond motifs is 1. The SMILES string of the molecule is Cc1cc(-c2ncc3cc(C(c4ccccc4)(c4ccccc4)c4ccccc4)ccc3n2)ccc1N. The van der Waals surface area contributed by atoms with E-state index in [1.807, 2.05) is 31.3 Å². The Labute approximate surface area is 217 Å². The summed E-state index contributed by atoms with van der Waals surface area (Å²) in [6.45, 7) is 2.00. The minimum Gasteiger partial charge on any atom is -0.399 e. The van der Waals surface area contributed by atoms with E-state index >= 15 is 0 Å². The first-order valence-corrected chi connectivity index (χ1v) is 12.5. The van der Waals surface area contributed by atoms with Gasteiger partial charge < -0.3 is 5.73 Å². The molecule has 1 aromatic heterocycles. The van der Waals surface area contributed by atoms with E-state index in [0.29, 0.717) is 5.82 Å². The van der Waals surface area contributed by atoms with Crippen LogP contribution in [0.15, 0.2) is 134 Å². The van der Waals surface area contributed by atoms with Gasteiger partial charge in [-0.3, -0.25) is 0 Å². The van der Waals surface area contributed by atoms with Gasteiger partial charge >= 0.3 is 0 Å². The number of hydrogen-bond donors (Lipinski definition) is 1. The standard InChI is InChI=1S/C34H27N3/c1-24-21-25(17-19-31(24)35)33-36-23-26-22-30(18-20-32(26)37-33)34(27-11-5-2-6-12-27,28-13-7-3-8-14-28)29-15-9-4-10-16-29/h2-23H,35H2,1H3. The van der Waals surface area contributed by atoms with E-state index in [9.17, 15) is 0 Å². The minimum atomic E-state index is -0.495. The van der Waals surface area contributed by atoms with Crippen LogP contribution in [-0.4, -0.2) is 9.97 Å². The molecule has 0 saturated carbocycles. The maximum absolute atomic E-state index is 6.02. The monoisotopic (exact) mass is 477 g/mol. The largest absolute Gasteiger partial charge is 0.399 e. The summed E-state index contributed by atoms with van der Waals surface area (Å²) < 4.78 is 0. The molecule has 3 nitrogen and oxygen atoms in total. The molecule has 0 radical (unpaired) electrons. The summed E-state index contributed by atoms with van der Waals surface area (Å²) in [5.41, 5.74) is 14.0. The lowest BCUT2D eigenvalue weighted by Crippen LogP contribution is -2.31. The van der Waals surface area contributed by atoms with Gasteiger partial charge in [0, 0.05) is 22.8 Å². The fourth-order valence-corrected chi connectivity index (χ4v) is 5.28. The number of aryl methyl sites for hydroxylation is 1. The van der Waals surface area contributed by atoms with Crippen LogP contribution < -0.4 is 5.73 Å². The molecule has 0 spiro atoms. The number of hydrogen-bond acceptors (Lipinski definition) is 3. The molecule has 1 heterocycles. The van der Waals surface area contributed by atoms with Crippen molar-refractivity contribution < 1.29 is 0 Å². The third-order valence-electron chi connectivity index (χ3n) is 7.16. The first-order chi connectivity index (χ1) is 18.2. The van der Waals surface area contributed by atoms with E-state index < -0.39 is 5.41 Å². The van der Waals surface area contributed by atoms with E-state index in [4.69, 9.17) is 15.7 Å². The summed E-state index contributed by atoms with van der Waals surface area (Å²) in [5.74, 6) is 0.698. The number of anilines is 1. The lowest BCUT2D eigenvalue weighted by Gasteiger charge is -2.37. The van der Waals surface area contributed by atoms with Crippen molar-refractivity contribution in [3.05, 3.63) is 161 Å². The summed E-state index contributed by atoms with van der Waals surface area (Å²) in [6.07, 6.45) is 1.93. The molecule has 6 rings (SSSR count). The van der Waals surface area contributed by atoms with E-state index in [1.165, 1.54) is 22.3 Å². The van der Waals surface area contributed by atoms with Crippen LogP contribution in [0.1, 0.15) is 27.8 Å². The van der Waals surface area contributed by atoms with Crippen LogP contribution in [0.2, 0.25) is 0 Å². The van der Waals surface area contributed by atoms with Gasteiger partial charge in [-0.1, -0.05) is 97.1 Å². The Kier molecular flexibility index (Phi) is 5.74. The van der Waals surface area contributed by atoms with Crippen LogP contribution in [-0.2, 0) is 5.41 Å². The number of nitrogens with two attached hydrogens (primary N) is 1. The molecule has 3 heteroatoms. The molecule has 0 bridgehead atoms. The number of nitrogens with zero attached hydrogens (tertiary/aromatic N) is 2. The van der Waals surface area contributed by atoms with Crippen LogP contribution in [0.5, 0.6) is 0 Å². The Bertz CT molecular complexity index is 1580. The average molecular weight is 478 g/mol. The predicted octanol–water partition coefficient (Wildman–Crippen LogP) is 7.57. The van der Waals surface area contributed by atoms with Crippen molar-refractivity contribution in [2.24, 2.45) is 0 Å². The zero-order valence-electron chi connectivity index (χ0n) is 20.7. The fourth-order valence-electron chi connectivity index (χ4n) is 5.28. The highest BCUT2D eigenvalue weighted by molar-refractivity contribution is 5.82. The second-order valence-corrected chi connectivity index (χ2v) is 9.39. The predicted molar refractivity (Wildman–Crippen MR) is 152 cm³/mol. The first kappa shape index (κ1) is 22.7. The molecular formula is C34H27N3. The van der Waals surface area contributed by atoms with Gasteiger partial charge in [0.05, 0.1) is 10.9 Å². The Morgan fingerprint density at radius 3 is 1.70 bits per heavy atom. The van der Waals surface area contributed by atoms with Crippen molar-refractivity contribution in [1.82, 2.24) is 9.97 Å². The summed E-state index contributed by atoms with van der Waals surface area (Å²) in [4.78, 5) is 9.64. The van der Waals surface area contributed by atoms with Crippen LogP contribution in [0.25, 0.3) is 22.3 Å². The van der Waals surface area contributed by atoms with Crippen LogP contribution >= 0.6 is 0 Å². The van der Waals surface area contributed by atoms with Gasteiger partial charge in [-0.25, -0.2) is 9.97 Å². The van der Waals surface area contributed by atoms with Gasteiger partial charge in [0.25, 0.3) is 0 Å². The first-order valence-electron chi connectivity index (χ1n) is 12.5. The zero-order valence-corrected chi connectivity index (χ0v) is 20.7. The maximum Gasteiger partial charge on any atom is 0.159 e. The zero-order chi connectivity index (χ0) is 25.2. The van der Waals surface area contributed by atoms with E-state index in [-0.39, 0.29) is 0 Å². The van der Waals surface area contributed by atoms with E-state index in [0.717, 1.165) is 27.7 Å². The summed E-state index contributed by atoms with van der Waals surface area (Å²) in [6, 6.07) is 44.7. The number of benzene rings is 5. The highest BCUT2D eigenvalue weighted by Crippen LogP contribution is 2.45. The van der Waals surface area contributed by atoms with Gasteiger partial charge in [-0.05, 0) is 65.1 Å². The van der Waals surface area contributed by atoms with Gasteiger partial charge in [0.2, 0.25) is 0 Å². The van der Waals surface area contributed by atoms with Crippen molar-refractivity contribution >= 4 is 16.6 Å².